The Balaban J connectivity index is 1.61. The molecule has 0 aliphatic heterocycles. The first kappa shape index (κ1) is 13.7. The quantitative estimate of drug-likeness (QED) is 0.684. The molecule has 0 bridgehead atoms. The van der Waals surface area contributed by atoms with Gasteiger partial charge in [0, 0.05) is 13.0 Å². The molecule has 0 spiro atoms. The number of ether oxygens (including phenoxy) is 1. The number of amides is 1. The number of hydrogen-bond acceptors (Lipinski definition) is 4. The van der Waals surface area contributed by atoms with Crippen LogP contribution in [0.15, 0.2) is 47.3 Å². The zero-order valence-corrected chi connectivity index (χ0v) is 10.8. The first-order chi connectivity index (χ1) is 9.84. The molecule has 5 nitrogen and oxygen atoms in total. The third kappa shape index (κ3) is 4.86. The molecule has 5 heteroatoms. The summed E-state index contributed by atoms with van der Waals surface area (Å²) in [5.74, 6) is 5.75. The van der Waals surface area contributed by atoms with Gasteiger partial charge in [0.2, 0.25) is 0 Å². The number of benzene rings is 1. The van der Waals surface area contributed by atoms with Crippen LogP contribution in [0.3, 0.4) is 0 Å². The summed E-state index contributed by atoms with van der Waals surface area (Å²) >= 11 is 0. The van der Waals surface area contributed by atoms with E-state index in [-0.39, 0.29) is 6.61 Å². The van der Waals surface area contributed by atoms with Crippen LogP contribution in [-0.2, 0) is 11.3 Å². The van der Waals surface area contributed by atoms with Crippen molar-refractivity contribution in [2.45, 2.75) is 13.0 Å². The van der Waals surface area contributed by atoms with Gasteiger partial charge < -0.3 is 14.6 Å². The fraction of sp³-hybridized carbons (Fsp3) is 0.200. The Morgan fingerprint density at radius 3 is 2.95 bits per heavy atom. The van der Waals surface area contributed by atoms with Crippen molar-refractivity contribution < 1.29 is 14.1 Å². The second kappa shape index (κ2) is 7.64. The summed E-state index contributed by atoms with van der Waals surface area (Å²) in [6, 6.07) is 9.51. The van der Waals surface area contributed by atoms with Gasteiger partial charge in [0.1, 0.15) is 12.9 Å². The SMILES string of the molecule is O=C(NCCC#Cc1cnoc1)OCc1ccccc1. The minimum Gasteiger partial charge on any atom is -0.445 e. The summed E-state index contributed by atoms with van der Waals surface area (Å²) < 4.78 is 9.70. The van der Waals surface area contributed by atoms with Crippen molar-refractivity contribution in [2.24, 2.45) is 0 Å². The molecule has 0 fully saturated rings. The lowest BCUT2D eigenvalue weighted by Gasteiger charge is -2.05. The molecule has 0 saturated heterocycles. The molecule has 0 atom stereocenters. The molecule has 1 heterocycles. The lowest BCUT2D eigenvalue weighted by molar-refractivity contribution is 0.140. The molecule has 1 aromatic carbocycles. The Kier molecular flexibility index (Phi) is 5.23. The summed E-state index contributed by atoms with van der Waals surface area (Å²) in [6.07, 6.45) is 3.09. The fourth-order valence-electron chi connectivity index (χ4n) is 1.43. The normalized spacial score (nSPS) is 9.40. The molecule has 0 saturated carbocycles. The minimum absolute atomic E-state index is 0.263. The number of hydrogen-bond donors (Lipinski definition) is 1. The highest BCUT2D eigenvalue weighted by Gasteiger charge is 2.00. The van der Waals surface area contributed by atoms with Crippen molar-refractivity contribution in [3.8, 4) is 11.8 Å². The van der Waals surface area contributed by atoms with E-state index in [4.69, 9.17) is 4.74 Å². The van der Waals surface area contributed by atoms with E-state index < -0.39 is 6.09 Å². The molecule has 102 valence electrons. The third-order valence-electron chi connectivity index (χ3n) is 2.40. The van der Waals surface area contributed by atoms with Gasteiger partial charge in [-0.3, -0.25) is 0 Å². The number of carbonyl (C=O) groups is 1. The average molecular weight is 270 g/mol. The lowest BCUT2D eigenvalue weighted by atomic mass is 10.2. The Bertz CT molecular complexity index is 583. The molecule has 1 aromatic heterocycles. The number of alkyl carbamates (subject to hydrolysis) is 1. The number of carbonyl (C=O) groups excluding carboxylic acids is 1. The van der Waals surface area contributed by atoms with E-state index >= 15 is 0 Å². The third-order valence-corrected chi connectivity index (χ3v) is 2.40. The number of nitrogens with zero attached hydrogens (tertiary/aromatic N) is 1. The molecule has 2 rings (SSSR count). The predicted octanol–water partition coefficient (Wildman–Crippen LogP) is 2.34. The summed E-state index contributed by atoms with van der Waals surface area (Å²) in [4.78, 5) is 11.4. The molecule has 20 heavy (non-hydrogen) atoms. The van der Waals surface area contributed by atoms with Crippen LogP contribution in [0.1, 0.15) is 17.5 Å². The predicted molar refractivity (Wildman–Crippen MR) is 72.6 cm³/mol. The lowest BCUT2D eigenvalue weighted by Crippen LogP contribution is -2.24. The van der Waals surface area contributed by atoms with E-state index in [1.807, 2.05) is 30.3 Å². The molecule has 0 aliphatic rings. The maximum Gasteiger partial charge on any atom is 0.407 e. The van der Waals surface area contributed by atoms with Crippen LogP contribution in [0.25, 0.3) is 0 Å². The summed E-state index contributed by atoms with van der Waals surface area (Å²) in [6.45, 7) is 0.699. The molecule has 1 amide bonds. The molecule has 1 N–H and O–H groups in total. The van der Waals surface area contributed by atoms with Gasteiger partial charge in [0.15, 0.2) is 0 Å². The maximum atomic E-state index is 11.4. The van der Waals surface area contributed by atoms with Crippen LogP contribution in [0.5, 0.6) is 0 Å². The van der Waals surface area contributed by atoms with Gasteiger partial charge in [-0.1, -0.05) is 47.3 Å². The minimum atomic E-state index is -0.444. The van der Waals surface area contributed by atoms with E-state index in [0.717, 1.165) is 11.1 Å². The molecule has 0 unspecified atom stereocenters. The van der Waals surface area contributed by atoms with Gasteiger partial charge in [-0.05, 0) is 5.56 Å². The smallest absolute Gasteiger partial charge is 0.407 e. The molecule has 0 radical (unpaired) electrons. The monoisotopic (exact) mass is 270 g/mol. The number of nitrogens with one attached hydrogen (secondary N) is 1. The Morgan fingerprint density at radius 2 is 2.20 bits per heavy atom. The van der Waals surface area contributed by atoms with Crippen molar-refractivity contribution in [2.75, 3.05) is 6.54 Å². The molecular weight excluding hydrogens is 256 g/mol. The van der Waals surface area contributed by atoms with Crippen LogP contribution >= 0.6 is 0 Å². The van der Waals surface area contributed by atoms with Crippen LogP contribution in [0.4, 0.5) is 4.79 Å². The Morgan fingerprint density at radius 1 is 1.35 bits per heavy atom. The highest BCUT2D eigenvalue weighted by molar-refractivity contribution is 5.67. The maximum absolute atomic E-state index is 11.4. The van der Waals surface area contributed by atoms with Gasteiger partial charge in [-0.15, -0.1) is 0 Å². The first-order valence-electron chi connectivity index (χ1n) is 6.17. The van der Waals surface area contributed by atoms with Crippen molar-refractivity contribution in [1.82, 2.24) is 10.5 Å². The van der Waals surface area contributed by atoms with Gasteiger partial charge in [0.05, 0.1) is 11.8 Å². The van der Waals surface area contributed by atoms with Crippen molar-refractivity contribution >= 4 is 6.09 Å². The van der Waals surface area contributed by atoms with E-state index in [2.05, 4.69) is 26.8 Å². The van der Waals surface area contributed by atoms with E-state index in [1.165, 1.54) is 12.5 Å². The zero-order valence-electron chi connectivity index (χ0n) is 10.8. The molecular formula is C15H14N2O3. The zero-order chi connectivity index (χ0) is 14.0. The highest BCUT2D eigenvalue weighted by Crippen LogP contribution is 2.00. The second-order valence-electron chi connectivity index (χ2n) is 3.95. The molecule has 0 aliphatic carbocycles. The van der Waals surface area contributed by atoms with Crippen molar-refractivity contribution in [1.29, 1.82) is 0 Å². The standard InChI is InChI=1S/C15H14N2O3/c18-15(19-11-13-6-2-1-3-7-13)16-9-5-4-8-14-10-17-20-12-14/h1-3,6-7,10,12H,5,9,11H2,(H,16,18). The summed E-state index contributed by atoms with van der Waals surface area (Å²) in [5, 5.41) is 6.17. The van der Waals surface area contributed by atoms with Crippen molar-refractivity contribution in [3.05, 3.63) is 53.9 Å². The van der Waals surface area contributed by atoms with E-state index in [0.29, 0.717) is 13.0 Å². The topological polar surface area (TPSA) is 64.4 Å². The number of rotatable bonds is 4. The van der Waals surface area contributed by atoms with Gasteiger partial charge >= 0.3 is 6.09 Å². The fourth-order valence-corrected chi connectivity index (χ4v) is 1.43. The first-order valence-corrected chi connectivity index (χ1v) is 6.17. The van der Waals surface area contributed by atoms with Crippen LogP contribution in [0, 0.1) is 11.8 Å². The van der Waals surface area contributed by atoms with Gasteiger partial charge in [-0.2, -0.15) is 0 Å². The highest BCUT2D eigenvalue weighted by atomic mass is 16.5. The van der Waals surface area contributed by atoms with Crippen molar-refractivity contribution in [3.63, 3.8) is 0 Å². The average Bonchev–Trinajstić information content (AvgIpc) is 2.99. The van der Waals surface area contributed by atoms with Crippen LogP contribution in [-0.4, -0.2) is 17.8 Å². The summed E-state index contributed by atoms with van der Waals surface area (Å²) in [5.41, 5.74) is 1.67. The summed E-state index contributed by atoms with van der Waals surface area (Å²) in [7, 11) is 0. The van der Waals surface area contributed by atoms with E-state index in [1.54, 1.807) is 0 Å². The Hall–Kier alpha value is -2.74. The van der Waals surface area contributed by atoms with Gasteiger partial charge in [-0.25, -0.2) is 4.79 Å². The second-order valence-corrected chi connectivity index (χ2v) is 3.95. The number of aromatic nitrogens is 1. The van der Waals surface area contributed by atoms with Gasteiger partial charge in [0.25, 0.3) is 0 Å². The van der Waals surface area contributed by atoms with Crippen LogP contribution < -0.4 is 5.32 Å². The van der Waals surface area contributed by atoms with Crippen LogP contribution in [0.2, 0.25) is 0 Å². The largest absolute Gasteiger partial charge is 0.445 e. The molecule has 2 aromatic rings. The Labute approximate surface area is 116 Å². The van der Waals surface area contributed by atoms with E-state index in [9.17, 15) is 4.79 Å².